The number of hydrogen-bond donors (Lipinski definition) is 0. The van der Waals surface area contributed by atoms with Crippen molar-refractivity contribution in [1.29, 1.82) is 0 Å². The van der Waals surface area contributed by atoms with Crippen molar-refractivity contribution in [3.8, 4) is 11.3 Å². The molecule has 0 spiro atoms. The summed E-state index contributed by atoms with van der Waals surface area (Å²) in [7, 11) is 3.64. The molecule has 0 radical (unpaired) electrons. The zero-order chi connectivity index (χ0) is 19.3. The van der Waals surface area contributed by atoms with Gasteiger partial charge in [-0.2, -0.15) is 0 Å². The Labute approximate surface area is 164 Å². The highest BCUT2D eigenvalue weighted by atomic mass is 16.5. The zero-order valence-corrected chi connectivity index (χ0v) is 16.2. The van der Waals surface area contributed by atoms with E-state index >= 15 is 0 Å². The van der Waals surface area contributed by atoms with E-state index in [9.17, 15) is 0 Å². The van der Waals surface area contributed by atoms with Crippen molar-refractivity contribution in [1.82, 2.24) is 15.1 Å². The van der Waals surface area contributed by atoms with Crippen molar-refractivity contribution in [2.75, 3.05) is 32.3 Å². The average molecular weight is 380 g/mol. The molecule has 28 heavy (non-hydrogen) atoms. The van der Waals surface area contributed by atoms with Gasteiger partial charge in [0.1, 0.15) is 18.1 Å². The minimum absolute atomic E-state index is 0.306. The molecule has 0 amide bonds. The predicted molar refractivity (Wildman–Crippen MR) is 105 cm³/mol. The molecule has 7 nitrogen and oxygen atoms in total. The molecule has 7 heteroatoms. The molecule has 2 aromatic heterocycles. The summed E-state index contributed by atoms with van der Waals surface area (Å²) in [6.07, 6.45) is 0.981. The number of aromatic nitrogens is 3. The molecule has 3 aromatic rings. The standard InChI is InChI=1S/C21H24N4O3/c1-25(12-17-10-19(24-28-17)15-6-4-3-5-7-15)21-11-18(16-8-9-27-13-16)22-20(23-21)14-26-2/h3-7,10-11,16H,8-9,12-14H2,1-2H3. The Morgan fingerprint density at radius 2 is 2.04 bits per heavy atom. The Morgan fingerprint density at radius 3 is 2.79 bits per heavy atom. The molecule has 0 aliphatic carbocycles. The molecule has 1 aromatic carbocycles. The summed E-state index contributed by atoms with van der Waals surface area (Å²) in [4.78, 5) is 11.3. The maximum absolute atomic E-state index is 5.54. The Hall–Kier alpha value is -2.77. The summed E-state index contributed by atoms with van der Waals surface area (Å²) in [5.74, 6) is 2.60. The van der Waals surface area contributed by atoms with Crippen LogP contribution < -0.4 is 4.90 Å². The van der Waals surface area contributed by atoms with Gasteiger partial charge in [0.25, 0.3) is 0 Å². The fourth-order valence-corrected chi connectivity index (χ4v) is 3.32. The largest absolute Gasteiger partial charge is 0.381 e. The molecule has 146 valence electrons. The number of anilines is 1. The number of nitrogens with zero attached hydrogens (tertiary/aromatic N) is 4. The summed E-state index contributed by atoms with van der Waals surface area (Å²) < 4.78 is 16.3. The van der Waals surface area contributed by atoms with Crippen LogP contribution in [0.25, 0.3) is 11.3 Å². The van der Waals surface area contributed by atoms with E-state index in [4.69, 9.17) is 14.0 Å². The summed E-state index contributed by atoms with van der Waals surface area (Å²) >= 11 is 0. The quantitative estimate of drug-likeness (QED) is 0.622. The van der Waals surface area contributed by atoms with Crippen molar-refractivity contribution < 1.29 is 14.0 Å². The molecule has 1 fully saturated rings. The van der Waals surface area contributed by atoms with Gasteiger partial charge in [-0.15, -0.1) is 0 Å². The molecule has 1 aliphatic rings. The molecular formula is C21H24N4O3. The first-order valence-corrected chi connectivity index (χ1v) is 9.39. The van der Waals surface area contributed by atoms with Crippen LogP contribution in [0.5, 0.6) is 0 Å². The smallest absolute Gasteiger partial charge is 0.156 e. The molecular weight excluding hydrogens is 356 g/mol. The van der Waals surface area contributed by atoms with Gasteiger partial charge >= 0.3 is 0 Å². The maximum atomic E-state index is 5.54. The Morgan fingerprint density at radius 1 is 1.18 bits per heavy atom. The van der Waals surface area contributed by atoms with Crippen LogP contribution >= 0.6 is 0 Å². The second-order valence-corrected chi connectivity index (χ2v) is 6.96. The third-order valence-corrected chi connectivity index (χ3v) is 4.81. The van der Waals surface area contributed by atoms with E-state index in [-0.39, 0.29) is 0 Å². The Balaban J connectivity index is 1.54. The van der Waals surface area contributed by atoms with Gasteiger partial charge in [-0.25, -0.2) is 9.97 Å². The van der Waals surface area contributed by atoms with Crippen molar-refractivity contribution >= 4 is 5.82 Å². The van der Waals surface area contributed by atoms with E-state index < -0.39 is 0 Å². The minimum atomic E-state index is 0.306. The van der Waals surface area contributed by atoms with E-state index in [0.29, 0.717) is 31.5 Å². The maximum Gasteiger partial charge on any atom is 0.156 e. The van der Waals surface area contributed by atoms with Crippen molar-refractivity contribution in [3.05, 3.63) is 59.7 Å². The van der Waals surface area contributed by atoms with E-state index in [1.165, 1.54) is 0 Å². The summed E-state index contributed by atoms with van der Waals surface area (Å²) in [6.45, 7) is 2.42. The van der Waals surface area contributed by atoms with Crippen LogP contribution in [0.2, 0.25) is 0 Å². The number of benzene rings is 1. The molecule has 1 atom stereocenters. The van der Waals surface area contributed by atoms with E-state index in [1.54, 1.807) is 7.11 Å². The lowest BCUT2D eigenvalue weighted by Gasteiger charge is -2.19. The second kappa shape index (κ2) is 8.50. The Kier molecular flexibility index (Phi) is 5.64. The van der Waals surface area contributed by atoms with Gasteiger partial charge in [0.05, 0.1) is 18.8 Å². The first-order chi connectivity index (χ1) is 13.7. The average Bonchev–Trinajstić information content (AvgIpc) is 3.41. The minimum Gasteiger partial charge on any atom is -0.381 e. The number of rotatable bonds is 7. The van der Waals surface area contributed by atoms with E-state index in [2.05, 4.69) is 15.1 Å². The van der Waals surface area contributed by atoms with Gasteiger partial charge in [-0.3, -0.25) is 0 Å². The van der Waals surface area contributed by atoms with Crippen molar-refractivity contribution in [3.63, 3.8) is 0 Å². The summed E-state index contributed by atoms with van der Waals surface area (Å²) in [5.41, 5.74) is 2.87. The predicted octanol–water partition coefficient (Wildman–Crippen LogP) is 3.42. The number of hydrogen-bond acceptors (Lipinski definition) is 7. The summed E-state index contributed by atoms with van der Waals surface area (Å²) in [6, 6.07) is 14.0. The van der Waals surface area contributed by atoms with Gasteiger partial charge in [0.15, 0.2) is 11.6 Å². The molecule has 1 aliphatic heterocycles. The second-order valence-electron chi connectivity index (χ2n) is 6.96. The first-order valence-electron chi connectivity index (χ1n) is 9.39. The Bertz CT molecular complexity index is 907. The van der Waals surface area contributed by atoms with Gasteiger partial charge in [0, 0.05) is 44.4 Å². The van der Waals surface area contributed by atoms with Crippen LogP contribution in [0.1, 0.15) is 29.6 Å². The fourth-order valence-electron chi connectivity index (χ4n) is 3.32. The first kappa shape index (κ1) is 18.6. The zero-order valence-electron chi connectivity index (χ0n) is 16.2. The monoisotopic (exact) mass is 380 g/mol. The van der Waals surface area contributed by atoms with Crippen LogP contribution in [0.15, 0.2) is 47.0 Å². The lowest BCUT2D eigenvalue weighted by molar-refractivity contribution is 0.177. The number of methoxy groups -OCH3 is 1. The SMILES string of the molecule is COCc1nc(C2CCOC2)cc(N(C)Cc2cc(-c3ccccc3)no2)n1. The fraction of sp³-hybridized carbons (Fsp3) is 0.381. The van der Waals surface area contributed by atoms with Gasteiger partial charge < -0.3 is 18.9 Å². The molecule has 3 heterocycles. The third-order valence-electron chi connectivity index (χ3n) is 4.81. The highest BCUT2D eigenvalue weighted by Gasteiger charge is 2.22. The molecule has 0 bridgehead atoms. The topological polar surface area (TPSA) is 73.5 Å². The lowest BCUT2D eigenvalue weighted by Crippen LogP contribution is -2.19. The van der Waals surface area contributed by atoms with Crippen molar-refractivity contribution in [2.24, 2.45) is 0 Å². The molecule has 0 N–H and O–H groups in total. The molecule has 1 unspecified atom stereocenters. The van der Waals surface area contributed by atoms with Crippen LogP contribution in [-0.4, -0.2) is 42.5 Å². The van der Waals surface area contributed by atoms with Crippen molar-refractivity contribution in [2.45, 2.75) is 25.5 Å². The van der Waals surface area contributed by atoms with Crippen LogP contribution in [0, 0.1) is 0 Å². The summed E-state index contributed by atoms with van der Waals surface area (Å²) in [5, 5.41) is 4.19. The number of ether oxygens (including phenoxy) is 2. The van der Waals surface area contributed by atoms with Gasteiger partial charge in [0.2, 0.25) is 0 Å². The third kappa shape index (κ3) is 4.21. The van der Waals surface area contributed by atoms with E-state index in [0.717, 1.165) is 41.6 Å². The van der Waals surface area contributed by atoms with Gasteiger partial charge in [-0.1, -0.05) is 35.5 Å². The van der Waals surface area contributed by atoms with Crippen LogP contribution in [-0.2, 0) is 22.6 Å². The van der Waals surface area contributed by atoms with Gasteiger partial charge in [-0.05, 0) is 6.42 Å². The highest BCUT2D eigenvalue weighted by molar-refractivity contribution is 5.58. The molecule has 0 saturated carbocycles. The molecule has 4 rings (SSSR count). The highest BCUT2D eigenvalue weighted by Crippen LogP contribution is 2.27. The van der Waals surface area contributed by atoms with Crippen LogP contribution in [0.3, 0.4) is 0 Å². The normalized spacial score (nSPS) is 16.4. The van der Waals surface area contributed by atoms with E-state index in [1.807, 2.05) is 54.4 Å². The molecule has 1 saturated heterocycles. The van der Waals surface area contributed by atoms with Crippen LogP contribution in [0.4, 0.5) is 5.82 Å². The lowest BCUT2D eigenvalue weighted by atomic mass is 10.0.